The van der Waals surface area contributed by atoms with E-state index in [1.165, 1.54) is 16.5 Å². The number of aryl methyl sites for hydroxylation is 1. The fraction of sp³-hybridized carbons (Fsp3) is 0.500. The molecule has 2 aromatic rings. The number of benzene rings is 1. The van der Waals surface area contributed by atoms with Gasteiger partial charge in [0, 0.05) is 43.2 Å². The number of hydrogen-bond donors (Lipinski definition) is 2. The predicted molar refractivity (Wildman–Crippen MR) is 99.3 cm³/mol. The molecule has 1 saturated heterocycles. The van der Waals surface area contributed by atoms with Crippen LogP contribution in [0.5, 0.6) is 0 Å². The van der Waals surface area contributed by atoms with Crippen molar-refractivity contribution < 1.29 is 9.59 Å². The van der Waals surface area contributed by atoms with Gasteiger partial charge in [-0.25, -0.2) is 0 Å². The van der Waals surface area contributed by atoms with E-state index in [2.05, 4.69) is 42.3 Å². The van der Waals surface area contributed by atoms with Gasteiger partial charge in [-0.1, -0.05) is 25.0 Å². The van der Waals surface area contributed by atoms with Crippen molar-refractivity contribution in [2.24, 2.45) is 5.92 Å². The lowest BCUT2D eigenvalue weighted by Gasteiger charge is -2.15. The first kappa shape index (κ1) is 17.5. The number of amides is 2. The smallest absolute Gasteiger partial charge is 0.225 e. The van der Waals surface area contributed by atoms with E-state index in [1.54, 1.807) is 0 Å². The molecule has 2 heterocycles. The summed E-state index contributed by atoms with van der Waals surface area (Å²) < 4.78 is 0. The van der Waals surface area contributed by atoms with Crippen LogP contribution < -0.4 is 5.32 Å². The molecule has 1 aromatic carbocycles. The van der Waals surface area contributed by atoms with Crippen molar-refractivity contribution in [3.05, 3.63) is 35.5 Å². The summed E-state index contributed by atoms with van der Waals surface area (Å²) in [6, 6.07) is 6.35. The standard InChI is InChI=1S/C20H27N3O2/c1-3-4-9-23-13-16(11-19(23)24)20(25)21-8-7-15-12-22-18-6-5-14(2)10-17(15)18/h5-6,10,12,16,22H,3-4,7-9,11,13H2,1-2H3,(H,21,25)/t16-/m0/s1. The Bertz CT molecular complexity index is 765. The molecule has 2 N–H and O–H groups in total. The second-order valence-corrected chi connectivity index (χ2v) is 7.00. The molecule has 5 heteroatoms. The zero-order valence-corrected chi connectivity index (χ0v) is 15.1. The molecule has 134 valence electrons. The highest BCUT2D eigenvalue weighted by Gasteiger charge is 2.33. The van der Waals surface area contributed by atoms with Gasteiger partial charge in [-0.05, 0) is 37.5 Å². The number of nitrogens with one attached hydrogen (secondary N) is 2. The van der Waals surface area contributed by atoms with E-state index < -0.39 is 0 Å². The first-order valence-electron chi connectivity index (χ1n) is 9.20. The van der Waals surface area contributed by atoms with Crippen molar-refractivity contribution in [2.45, 2.75) is 39.5 Å². The molecular formula is C20H27N3O2. The van der Waals surface area contributed by atoms with Gasteiger partial charge in [-0.15, -0.1) is 0 Å². The minimum Gasteiger partial charge on any atom is -0.361 e. The third-order valence-corrected chi connectivity index (χ3v) is 4.98. The van der Waals surface area contributed by atoms with Crippen LogP contribution in [0.15, 0.2) is 24.4 Å². The summed E-state index contributed by atoms with van der Waals surface area (Å²) in [5.41, 5.74) is 3.57. The van der Waals surface area contributed by atoms with Crippen LogP contribution in [-0.4, -0.2) is 41.3 Å². The van der Waals surface area contributed by atoms with Crippen molar-refractivity contribution in [3.8, 4) is 0 Å². The Hall–Kier alpha value is -2.30. The van der Waals surface area contributed by atoms with E-state index in [4.69, 9.17) is 0 Å². The summed E-state index contributed by atoms with van der Waals surface area (Å²) in [5, 5.41) is 4.23. The van der Waals surface area contributed by atoms with E-state index in [1.807, 2.05) is 11.1 Å². The molecule has 3 rings (SSSR count). The summed E-state index contributed by atoms with van der Waals surface area (Å²) >= 11 is 0. The van der Waals surface area contributed by atoms with Gasteiger partial charge in [0.2, 0.25) is 11.8 Å². The molecule has 5 nitrogen and oxygen atoms in total. The van der Waals surface area contributed by atoms with Crippen LogP contribution in [-0.2, 0) is 16.0 Å². The Kier molecular flexibility index (Phi) is 5.41. The molecule has 1 aliphatic rings. The van der Waals surface area contributed by atoms with Crippen LogP contribution in [0.2, 0.25) is 0 Å². The van der Waals surface area contributed by atoms with Crippen molar-refractivity contribution in [2.75, 3.05) is 19.6 Å². The second-order valence-electron chi connectivity index (χ2n) is 7.00. The minimum atomic E-state index is -0.199. The molecule has 1 atom stereocenters. The van der Waals surface area contributed by atoms with Gasteiger partial charge in [-0.3, -0.25) is 9.59 Å². The van der Waals surface area contributed by atoms with Gasteiger partial charge in [0.1, 0.15) is 0 Å². The number of carbonyl (C=O) groups is 2. The molecule has 0 bridgehead atoms. The Morgan fingerprint density at radius 1 is 1.40 bits per heavy atom. The van der Waals surface area contributed by atoms with E-state index in [-0.39, 0.29) is 17.7 Å². The van der Waals surface area contributed by atoms with Crippen LogP contribution in [0, 0.1) is 12.8 Å². The molecule has 1 aromatic heterocycles. The van der Waals surface area contributed by atoms with Crippen LogP contribution in [0.3, 0.4) is 0 Å². The SMILES string of the molecule is CCCCN1C[C@@H](C(=O)NCCc2c[nH]c3ccc(C)cc23)CC1=O. The summed E-state index contributed by atoms with van der Waals surface area (Å²) in [6.07, 6.45) is 5.21. The van der Waals surface area contributed by atoms with Crippen molar-refractivity contribution in [1.29, 1.82) is 0 Å². The Morgan fingerprint density at radius 3 is 3.04 bits per heavy atom. The topological polar surface area (TPSA) is 65.2 Å². The van der Waals surface area contributed by atoms with Crippen LogP contribution in [0.4, 0.5) is 0 Å². The number of H-pyrrole nitrogens is 1. The highest BCUT2D eigenvalue weighted by molar-refractivity contribution is 5.89. The van der Waals surface area contributed by atoms with Crippen molar-refractivity contribution >= 4 is 22.7 Å². The third kappa shape index (κ3) is 4.03. The highest BCUT2D eigenvalue weighted by atomic mass is 16.2. The second kappa shape index (κ2) is 7.72. The van der Waals surface area contributed by atoms with Gasteiger partial charge >= 0.3 is 0 Å². The summed E-state index contributed by atoms with van der Waals surface area (Å²) in [7, 11) is 0. The van der Waals surface area contributed by atoms with Crippen molar-refractivity contribution in [3.63, 3.8) is 0 Å². The zero-order valence-electron chi connectivity index (χ0n) is 15.1. The average molecular weight is 341 g/mol. The molecule has 0 spiro atoms. The third-order valence-electron chi connectivity index (χ3n) is 4.98. The number of rotatable bonds is 7. The molecule has 1 fully saturated rings. The lowest BCUT2D eigenvalue weighted by atomic mass is 10.1. The number of aromatic amines is 1. The van der Waals surface area contributed by atoms with Gasteiger partial charge < -0.3 is 15.2 Å². The maximum absolute atomic E-state index is 12.4. The number of unbranched alkanes of at least 4 members (excludes halogenated alkanes) is 1. The monoisotopic (exact) mass is 341 g/mol. The Morgan fingerprint density at radius 2 is 2.24 bits per heavy atom. The number of carbonyl (C=O) groups excluding carboxylic acids is 2. The quantitative estimate of drug-likeness (QED) is 0.813. The number of likely N-dealkylation sites (tertiary alicyclic amines) is 1. The highest BCUT2D eigenvalue weighted by Crippen LogP contribution is 2.21. The molecule has 1 aliphatic heterocycles. The fourth-order valence-electron chi connectivity index (χ4n) is 3.48. The molecular weight excluding hydrogens is 314 g/mol. The summed E-state index contributed by atoms with van der Waals surface area (Å²) in [5.74, 6) is -0.0846. The lowest BCUT2D eigenvalue weighted by Crippen LogP contribution is -2.34. The van der Waals surface area contributed by atoms with E-state index in [9.17, 15) is 9.59 Å². The molecule has 25 heavy (non-hydrogen) atoms. The number of hydrogen-bond acceptors (Lipinski definition) is 2. The number of fused-ring (bicyclic) bond motifs is 1. The first-order valence-corrected chi connectivity index (χ1v) is 9.20. The lowest BCUT2D eigenvalue weighted by molar-refractivity contribution is -0.129. The van der Waals surface area contributed by atoms with Crippen LogP contribution >= 0.6 is 0 Å². The average Bonchev–Trinajstić information content (AvgIpc) is 3.16. The number of nitrogens with zero attached hydrogens (tertiary/aromatic N) is 1. The van der Waals surface area contributed by atoms with Crippen molar-refractivity contribution in [1.82, 2.24) is 15.2 Å². The molecule has 0 unspecified atom stereocenters. The van der Waals surface area contributed by atoms with E-state index in [0.29, 0.717) is 19.5 Å². The largest absolute Gasteiger partial charge is 0.361 e. The Labute approximate surface area is 148 Å². The van der Waals surface area contributed by atoms with E-state index >= 15 is 0 Å². The summed E-state index contributed by atoms with van der Waals surface area (Å²) in [6.45, 7) is 6.13. The summed E-state index contributed by atoms with van der Waals surface area (Å²) in [4.78, 5) is 29.4. The fourth-order valence-corrected chi connectivity index (χ4v) is 3.48. The molecule has 0 radical (unpaired) electrons. The van der Waals surface area contributed by atoms with Gasteiger partial charge in [0.15, 0.2) is 0 Å². The predicted octanol–water partition coefficient (Wildman–Crippen LogP) is 2.78. The maximum Gasteiger partial charge on any atom is 0.225 e. The molecule has 0 aliphatic carbocycles. The van der Waals surface area contributed by atoms with Crippen LogP contribution in [0.25, 0.3) is 10.9 Å². The maximum atomic E-state index is 12.4. The first-order chi connectivity index (χ1) is 12.1. The number of aromatic nitrogens is 1. The Balaban J connectivity index is 1.51. The van der Waals surface area contributed by atoms with Gasteiger partial charge in [0.25, 0.3) is 0 Å². The van der Waals surface area contributed by atoms with Crippen LogP contribution in [0.1, 0.15) is 37.3 Å². The van der Waals surface area contributed by atoms with Gasteiger partial charge in [-0.2, -0.15) is 0 Å². The normalized spacial score (nSPS) is 17.4. The van der Waals surface area contributed by atoms with Gasteiger partial charge in [0.05, 0.1) is 5.92 Å². The van der Waals surface area contributed by atoms with E-state index in [0.717, 1.165) is 31.3 Å². The molecule has 0 saturated carbocycles. The molecule has 2 amide bonds. The minimum absolute atomic E-state index is 0.00312. The zero-order chi connectivity index (χ0) is 17.8.